The van der Waals surface area contributed by atoms with Gasteiger partial charge in [0.05, 0.1) is 31.8 Å². The Morgan fingerprint density at radius 2 is 2.06 bits per heavy atom. The van der Waals surface area contributed by atoms with Crippen LogP contribution in [0.3, 0.4) is 0 Å². The molecule has 1 aromatic rings. The molecule has 0 heterocycles. The Bertz CT molecular complexity index is 357. The van der Waals surface area contributed by atoms with E-state index in [-0.39, 0.29) is 6.61 Å². The highest BCUT2D eigenvalue weighted by atomic mass is 32.2. The first-order chi connectivity index (χ1) is 7.69. The van der Waals surface area contributed by atoms with Gasteiger partial charge in [-0.25, -0.2) is 0 Å². The summed E-state index contributed by atoms with van der Waals surface area (Å²) in [5, 5.41) is 9.08. The first kappa shape index (κ1) is 13.2. The van der Waals surface area contributed by atoms with Crippen LogP contribution in [0.2, 0.25) is 0 Å². The summed E-state index contributed by atoms with van der Waals surface area (Å²) in [7, 11) is 3.20. The summed E-state index contributed by atoms with van der Waals surface area (Å²) in [6.07, 6.45) is 1.94. The molecule has 0 aliphatic carbocycles. The summed E-state index contributed by atoms with van der Waals surface area (Å²) in [6, 6.07) is 3.21. The maximum Gasteiger partial charge on any atom is 0.141 e. The highest BCUT2D eigenvalue weighted by molar-refractivity contribution is 7.98. The average Bonchev–Trinajstić information content (AvgIpc) is 2.35. The molecule has 0 amide bonds. The minimum absolute atomic E-state index is 0.115. The number of aliphatic hydroxyl groups is 1. The van der Waals surface area contributed by atoms with Gasteiger partial charge in [-0.1, -0.05) is 0 Å². The van der Waals surface area contributed by atoms with E-state index in [0.717, 1.165) is 16.2 Å². The predicted octanol–water partition coefficient (Wildman–Crippen LogP) is 1.42. The van der Waals surface area contributed by atoms with Gasteiger partial charge in [-0.3, -0.25) is 0 Å². The smallest absolute Gasteiger partial charge is 0.141 e. The molecule has 5 heteroatoms. The van der Waals surface area contributed by atoms with E-state index < -0.39 is 6.04 Å². The minimum atomic E-state index is -0.438. The standard InChI is InChI=1S/C11H17NO3S/c1-14-9-5-4-7(8(12)6-13)10(15-2)11(9)16-3/h4-5,8,13H,6,12H2,1-3H3. The van der Waals surface area contributed by atoms with Crippen molar-refractivity contribution in [1.29, 1.82) is 0 Å². The second kappa shape index (κ2) is 5.98. The van der Waals surface area contributed by atoms with Crippen LogP contribution in [0.5, 0.6) is 11.5 Å². The van der Waals surface area contributed by atoms with Crippen molar-refractivity contribution in [3.63, 3.8) is 0 Å². The third-order valence-electron chi connectivity index (χ3n) is 2.33. The fourth-order valence-electron chi connectivity index (χ4n) is 1.51. The van der Waals surface area contributed by atoms with Crippen LogP contribution >= 0.6 is 11.8 Å². The zero-order chi connectivity index (χ0) is 12.1. The molecule has 1 unspecified atom stereocenters. The number of rotatable bonds is 5. The third-order valence-corrected chi connectivity index (χ3v) is 3.13. The number of methoxy groups -OCH3 is 2. The second-order valence-electron chi connectivity index (χ2n) is 3.21. The Hall–Kier alpha value is -0.910. The zero-order valence-electron chi connectivity index (χ0n) is 9.69. The van der Waals surface area contributed by atoms with Crippen LogP contribution < -0.4 is 15.2 Å². The lowest BCUT2D eigenvalue weighted by molar-refractivity contribution is 0.263. The molecule has 0 aliphatic heterocycles. The Labute approximate surface area is 99.7 Å². The Balaban J connectivity index is 3.31. The van der Waals surface area contributed by atoms with Gasteiger partial charge in [-0.05, 0) is 18.4 Å². The molecule has 1 aromatic carbocycles. The summed E-state index contributed by atoms with van der Waals surface area (Å²) in [5.74, 6) is 1.42. The molecule has 0 bridgehead atoms. The van der Waals surface area contributed by atoms with Gasteiger partial charge in [0.15, 0.2) is 0 Å². The lowest BCUT2D eigenvalue weighted by atomic mass is 10.1. The quantitative estimate of drug-likeness (QED) is 0.766. The largest absolute Gasteiger partial charge is 0.495 e. The van der Waals surface area contributed by atoms with Gasteiger partial charge >= 0.3 is 0 Å². The first-order valence-corrected chi connectivity index (χ1v) is 6.07. The van der Waals surface area contributed by atoms with Crippen LogP contribution in [0.4, 0.5) is 0 Å². The molecule has 90 valence electrons. The normalized spacial score (nSPS) is 12.3. The van der Waals surface area contributed by atoms with E-state index in [1.807, 2.05) is 18.4 Å². The van der Waals surface area contributed by atoms with Crippen LogP contribution in [-0.4, -0.2) is 32.2 Å². The van der Waals surface area contributed by atoms with Crippen LogP contribution in [0.15, 0.2) is 17.0 Å². The minimum Gasteiger partial charge on any atom is -0.495 e. The van der Waals surface area contributed by atoms with Crippen molar-refractivity contribution in [2.75, 3.05) is 27.1 Å². The van der Waals surface area contributed by atoms with Crippen molar-refractivity contribution >= 4 is 11.8 Å². The molecule has 16 heavy (non-hydrogen) atoms. The van der Waals surface area contributed by atoms with Crippen molar-refractivity contribution in [2.24, 2.45) is 5.73 Å². The number of thioether (sulfide) groups is 1. The Kier molecular flexibility index (Phi) is 4.92. The van der Waals surface area contributed by atoms with Crippen LogP contribution in [0, 0.1) is 0 Å². The lowest BCUT2D eigenvalue weighted by Crippen LogP contribution is -2.16. The lowest BCUT2D eigenvalue weighted by Gasteiger charge is -2.18. The van der Waals surface area contributed by atoms with Gasteiger partial charge in [-0.15, -0.1) is 11.8 Å². The van der Waals surface area contributed by atoms with Gasteiger partial charge < -0.3 is 20.3 Å². The molecule has 0 aromatic heterocycles. The van der Waals surface area contributed by atoms with Gasteiger partial charge in [0.1, 0.15) is 11.5 Å². The summed E-state index contributed by atoms with van der Waals surface area (Å²) < 4.78 is 10.6. The highest BCUT2D eigenvalue weighted by Gasteiger charge is 2.18. The average molecular weight is 243 g/mol. The fourth-order valence-corrected chi connectivity index (χ4v) is 2.25. The van der Waals surface area contributed by atoms with Crippen LogP contribution in [0.1, 0.15) is 11.6 Å². The molecule has 0 fully saturated rings. The van der Waals surface area contributed by atoms with Gasteiger partial charge in [0.25, 0.3) is 0 Å². The maximum absolute atomic E-state index is 9.08. The van der Waals surface area contributed by atoms with Crippen molar-refractivity contribution in [3.8, 4) is 11.5 Å². The first-order valence-electron chi connectivity index (χ1n) is 4.84. The molecular formula is C11H17NO3S. The molecule has 3 N–H and O–H groups in total. The number of nitrogens with two attached hydrogens (primary N) is 1. The van der Waals surface area contributed by atoms with Gasteiger partial charge in [-0.2, -0.15) is 0 Å². The molecule has 1 atom stereocenters. The fraction of sp³-hybridized carbons (Fsp3) is 0.455. The van der Waals surface area contributed by atoms with Crippen molar-refractivity contribution < 1.29 is 14.6 Å². The van der Waals surface area contributed by atoms with Crippen LogP contribution in [-0.2, 0) is 0 Å². The Morgan fingerprint density at radius 3 is 2.50 bits per heavy atom. The number of hydrogen-bond donors (Lipinski definition) is 2. The van der Waals surface area contributed by atoms with E-state index in [2.05, 4.69) is 0 Å². The van der Waals surface area contributed by atoms with E-state index in [1.54, 1.807) is 14.2 Å². The van der Waals surface area contributed by atoms with E-state index in [4.69, 9.17) is 20.3 Å². The number of ether oxygens (including phenoxy) is 2. The van der Waals surface area contributed by atoms with E-state index in [1.165, 1.54) is 11.8 Å². The maximum atomic E-state index is 9.08. The third kappa shape index (κ3) is 2.42. The van der Waals surface area contributed by atoms with Crippen LogP contribution in [0.25, 0.3) is 0 Å². The number of aliphatic hydroxyl groups excluding tert-OH is 1. The molecule has 0 spiro atoms. The van der Waals surface area contributed by atoms with E-state index in [0.29, 0.717) is 5.75 Å². The summed E-state index contributed by atoms with van der Waals surface area (Å²) in [6.45, 7) is -0.115. The topological polar surface area (TPSA) is 64.7 Å². The summed E-state index contributed by atoms with van der Waals surface area (Å²) >= 11 is 1.53. The van der Waals surface area contributed by atoms with E-state index >= 15 is 0 Å². The van der Waals surface area contributed by atoms with Crippen molar-refractivity contribution in [1.82, 2.24) is 0 Å². The molecular weight excluding hydrogens is 226 g/mol. The molecule has 0 radical (unpaired) electrons. The summed E-state index contributed by atoms with van der Waals surface area (Å²) in [5.41, 5.74) is 6.59. The monoisotopic (exact) mass is 243 g/mol. The zero-order valence-corrected chi connectivity index (χ0v) is 10.5. The molecule has 0 saturated heterocycles. The van der Waals surface area contributed by atoms with E-state index in [9.17, 15) is 0 Å². The number of benzene rings is 1. The van der Waals surface area contributed by atoms with Crippen molar-refractivity contribution in [2.45, 2.75) is 10.9 Å². The second-order valence-corrected chi connectivity index (χ2v) is 4.03. The number of hydrogen-bond acceptors (Lipinski definition) is 5. The van der Waals surface area contributed by atoms with Gasteiger partial charge in [0.2, 0.25) is 0 Å². The SMILES string of the molecule is COc1ccc(C(N)CO)c(OC)c1SC. The highest BCUT2D eigenvalue weighted by Crippen LogP contribution is 2.40. The Morgan fingerprint density at radius 1 is 1.38 bits per heavy atom. The van der Waals surface area contributed by atoms with Gasteiger partial charge in [0, 0.05) is 5.56 Å². The predicted molar refractivity (Wildman–Crippen MR) is 65.3 cm³/mol. The molecule has 0 aliphatic rings. The molecule has 0 saturated carbocycles. The summed E-state index contributed by atoms with van der Waals surface area (Å²) in [4.78, 5) is 0.895. The molecule has 4 nitrogen and oxygen atoms in total. The van der Waals surface area contributed by atoms with Crippen molar-refractivity contribution in [3.05, 3.63) is 17.7 Å². The molecule has 1 rings (SSSR count).